The molecule has 0 saturated heterocycles. The minimum absolute atomic E-state index is 0.160. The van der Waals surface area contributed by atoms with Crippen molar-refractivity contribution in [3.63, 3.8) is 0 Å². The fourth-order valence-electron chi connectivity index (χ4n) is 2.65. The topological polar surface area (TPSA) is 75.3 Å². The Kier molecular flexibility index (Phi) is 6.69. The molecule has 28 heavy (non-hydrogen) atoms. The van der Waals surface area contributed by atoms with Crippen LogP contribution in [0.4, 0.5) is 5.69 Å². The smallest absolute Gasteiger partial charge is 0.253 e. The molecule has 0 aliphatic carbocycles. The molecule has 3 aromatic rings. The van der Waals surface area contributed by atoms with Crippen molar-refractivity contribution >= 4 is 44.2 Å². The molecule has 0 spiro atoms. The van der Waals surface area contributed by atoms with Gasteiger partial charge in [-0.15, -0.1) is 0 Å². The van der Waals surface area contributed by atoms with Gasteiger partial charge < -0.3 is 5.32 Å². The van der Waals surface area contributed by atoms with E-state index in [1.165, 1.54) is 0 Å². The Morgan fingerprint density at radius 2 is 1.46 bits per heavy atom. The Morgan fingerprint density at radius 3 is 2.18 bits per heavy atom. The second-order valence-electron chi connectivity index (χ2n) is 6.20. The van der Waals surface area contributed by atoms with Gasteiger partial charge >= 0.3 is 0 Å². The Morgan fingerprint density at radius 1 is 0.821 bits per heavy atom. The molecule has 0 saturated carbocycles. The van der Waals surface area contributed by atoms with E-state index in [0.29, 0.717) is 12.1 Å². The number of sulfonamides is 1. The minimum Gasteiger partial charge on any atom is -0.348 e. The summed E-state index contributed by atoms with van der Waals surface area (Å²) in [5, 5.41) is 2.83. The summed E-state index contributed by atoms with van der Waals surface area (Å²) in [6.07, 6.45) is 0. The van der Waals surface area contributed by atoms with Crippen LogP contribution in [-0.2, 0) is 22.3 Å². The second-order valence-corrected chi connectivity index (χ2v) is 9.17. The van der Waals surface area contributed by atoms with E-state index in [1.807, 2.05) is 30.3 Å². The van der Waals surface area contributed by atoms with Gasteiger partial charge in [-0.2, -0.15) is 0 Å². The van der Waals surface area contributed by atoms with Crippen molar-refractivity contribution in [1.29, 1.82) is 0 Å². The van der Waals surface area contributed by atoms with Gasteiger partial charge in [0.15, 0.2) is 0 Å². The van der Waals surface area contributed by atoms with Crippen molar-refractivity contribution < 1.29 is 13.2 Å². The molecule has 144 valence electrons. The van der Waals surface area contributed by atoms with Crippen LogP contribution >= 0.6 is 22.6 Å². The van der Waals surface area contributed by atoms with E-state index in [1.54, 1.807) is 48.5 Å². The molecule has 0 heterocycles. The maximum Gasteiger partial charge on any atom is 0.253 e. The number of hydrogen-bond acceptors (Lipinski definition) is 3. The number of benzene rings is 3. The molecule has 0 fully saturated rings. The highest BCUT2D eigenvalue weighted by Crippen LogP contribution is 2.18. The van der Waals surface area contributed by atoms with Gasteiger partial charge in [0.05, 0.1) is 17.0 Å². The molecule has 5 nitrogen and oxygen atoms in total. The van der Waals surface area contributed by atoms with Crippen LogP contribution in [-0.4, -0.2) is 14.3 Å². The average Bonchev–Trinajstić information content (AvgIpc) is 2.68. The summed E-state index contributed by atoms with van der Waals surface area (Å²) in [6.45, 7) is 0.362. The highest BCUT2D eigenvalue weighted by atomic mass is 127. The predicted octanol–water partition coefficient (Wildman–Crippen LogP) is 4.16. The molecule has 0 bridgehead atoms. The number of para-hydroxylation sites is 1. The van der Waals surface area contributed by atoms with Crippen molar-refractivity contribution in [3.05, 3.63) is 99.1 Å². The quantitative estimate of drug-likeness (QED) is 0.473. The van der Waals surface area contributed by atoms with Crippen LogP contribution in [0.15, 0.2) is 78.9 Å². The Labute approximate surface area is 178 Å². The molecule has 7 heteroatoms. The largest absolute Gasteiger partial charge is 0.348 e. The fourth-order valence-corrected chi connectivity index (χ4v) is 4.22. The average molecular weight is 506 g/mol. The van der Waals surface area contributed by atoms with Crippen LogP contribution in [0.2, 0.25) is 0 Å². The van der Waals surface area contributed by atoms with E-state index in [-0.39, 0.29) is 22.9 Å². The molecular formula is C21H19IN2O3S. The Hall–Kier alpha value is -2.39. The van der Waals surface area contributed by atoms with Gasteiger partial charge in [0, 0.05) is 10.1 Å². The SMILES string of the molecule is O=C(NCc1ccc(I)cc1)c1ccccc1NS(=O)(=O)Cc1ccccc1. The number of nitrogens with one attached hydrogen (secondary N) is 2. The van der Waals surface area contributed by atoms with E-state index in [2.05, 4.69) is 32.6 Å². The molecule has 0 atom stereocenters. The number of hydrogen-bond donors (Lipinski definition) is 2. The summed E-state index contributed by atoms with van der Waals surface area (Å²) >= 11 is 2.22. The molecule has 0 unspecified atom stereocenters. The first-order chi connectivity index (χ1) is 13.4. The lowest BCUT2D eigenvalue weighted by Gasteiger charge is -2.13. The number of carbonyl (C=O) groups excluding carboxylic acids is 1. The lowest BCUT2D eigenvalue weighted by Crippen LogP contribution is -2.25. The van der Waals surface area contributed by atoms with Gasteiger partial charge in [-0.1, -0.05) is 54.6 Å². The molecule has 3 rings (SSSR count). The first kappa shape index (κ1) is 20.3. The number of amides is 1. The summed E-state index contributed by atoms with van der Waals surface area (Å²) in [7, 11) is -3.65. The maximum absolute atomic E-state index is 12.6. The van der Waals surface area contributed by atoms with Gasteiger partial charge in [-0.05, 0) is 58.0 Å². The molecule has 2 N–H and O–H groups in total. The second kappa shape index (κ2) is 9.20. The molecular weight excluding hydrogens is 487 g/mol. The van der Waals surface area contributed by atoms with Crippen LogP contribution in [0, 0.1) is 3.57 Å². The Balaban J connectivity index is 1.71. The molecule has 0 radical (unpaired) electrons. The molecule has 0 aromatic heterocycles. The van der Waals surface area contributed by atoms with Crippen LogP contribution < -0.4 is 10.0 Å². The first-order valence-corrected chi connectivity index (χ1v) is 11.3. The maximum atomic E-state index is 12.6. The predicted molar refractivity (Wildman–Crippen MR) is 119 cm³/mol. The fraction of sp³-hybridized carbons (Fsp3) is 0.0952. The van der Waals surface area contributed by atoms with Crippen molar-refractivity contribution in [1.82, 2.24) is 5.32 Å². The summed E-state index contributed by atoms with van der Waals surface area (Å²) in [4.78, 5) is 12.6. The van der Waals surface area contributed by atoms with Gasteiger partial charge in [0.1, 0.15) is 0 Å². The summed E-state index contributed by atoms with van der Waals surface area (Å²) < 4.78 is 28.7. The van der Waals surface area contributed by atoms with Crippen molar-refractivity contribution in [2.45, 2.75) is 12.3 Å². The number of rotatable bonds is 7. The summed E-state index contributed by atoms with van der Waals surface area (Å²) in [5.41, 5.74) is 2.19. The van der Waals surface area contributed by atoms with E-state index < -0.39 is 10.0 Å². The van der Waals surface area contributed by atoms with Gasteiger partial charge in [-0.25, -0.2) is 8.42 Å². The van der Waals surface area contributed by atoms with E-state index in [9.17, 15) is 13.2 Å². The minimum atomic E-state index is -3.65. The highest BCUT2D eigenvalue weighted by molar-refractivity contribution is 14.1. The number of anilines is 1. The van der Waals surface area contributed by atoms with Crippen molar-refractivity contribution in [2.24, 2.45) is 0 Å². The zero-order valence-corrected chi connectivity index (χ0v) is 17.9. The van der Waals surface area contributed by atoms with E-state index >= 15 is 0 Å². The van der Waals surface area contributed by atoms with Crippen LogP contribution in [0.25, 0.3) is 0 Å². The lowest BCUT2D eigenvalue weighted by atomic mass is 10.1. The van der Waals surface area contributed by atoms with Crippen LogP contribution in [0.5, 0.6) is 0 Å². The van der Waals surface area contributed by atoms with Gasteiger partial charge in [-0.3, -0.25) is 9.52 Å². The normalized spacial score (nSPS) is 11.0. The third-order valence-corrected chi connectivity index (χ3v) is 5.97. The standard InChI is InChI=1S/C21H19IN2O3S/c22-18-12-10-16(11-13-18)14-23-21(25)19-8-4-5-9-20(19)24-28(26,27)15-17-6-2-1-3-7-17/h1-13,24H,14-15H2,(H,23,25). The number of carbonyl (C=O) groups is 1. The monoisotopic (exact) mass is 506 g/mol. The molecule has 0 aliphatic heterocycles. The number of halogens is 1. The van der Waals surface area contributed by atoms with E-state index in [4.69, 9.17) is 0 Å². The third kappa shape index (κ3) is 5.80. The first-order valence-electron chi connectivity index (χ1n) is 8.59. The molecule has 3 aromatic carbocycles. The summed E-state index contributed by atoms with van der Waals surface area (Å²) in [6, 6.07) is 23.3. The van der Waals surface area contributed by atoms with Crippen molar-refractivity contribution in [3.8, 4) is 0 Å². The zero-order valence-electron chi connectivity index (χ0n) is 14.9. The Bertz CT molecular complexity index is 1050. The highest BCUT2D eigenvalue weighted by Gasteiger charge is 2.17. The summed E-state index contributed by atoms with van der Waals surface area (Å²) in [5.74, 6) is -0.497. The van der Waals surface area contributed by atoms with Crippen LogP contribution in [0.3, 0.4) is 0 Å². The van der Waals surface area contributed by atoms with E-state index in [0.717, 1.165) is 9.13 Å². The van der Waals surface area contributed by atoms with Crippen LogP contribution in [0.1, 0.15) is 21.5 Å². The third-order valence-electron chi connectivity index (χ3n) is 4.00. The van der Waals surface area contributed by atoms with Gasteiger partial charge in [0.2, 0.25) is 10.0 Å². The zero-order chi connectivity index (χ0) is 20.0. The molecule has 1 amide bonds. The van der Waals surface area contributed by atoms with Crippen molar-refractivity contribution in [2.75, 3.05) is 4.72 Å². The molecule has 0 aliphatic rings. The van der Waals surface area contributed by atoms with Gasteiger partial charge in [0.25, 0.3) is 5.91 Å². The lowest BCUT2D eigenvalue weighted by molar-refractivity contribution is 0.0952.